The topological polar surface area (TPSA) is 0 Å². The van der Waals surface area contributed by atoms with Crippen LogP contribution in [0.3, 0.4) is 0 Å². The lowest BCUT2D eigenvalue weighted by Crippen LogP contribution is -1.23. The maximum absolute atomic E-state index is 12.3. The number of halogens is 1. The van der Waals surface area contributed by atoms with Gasteiger partial charge in [0.15, 0.2) is 0 Å². The highest BCUT2D eigenvalue weighted by Gasteiger charge is 2.06. The van der Waals surface area contributed by atoms with Gasteiger partial charge in [-0.1, -0.05) is 17.9 Å². The van der Waals surface area contributed by atoms with E-state index in [2.05, 4.69) is 26.8 Å². The van der Waals surface area contributed by atoms with E-state index in [0.29, 0.717) is 7.96 Å². The highest BCUT2D eigenvalue weighted by Crippen LogP contribution is 2.89. The standard InChI is InChI=1S/FH7P6/c1-6(5-2)7(3)4/h5H,2-4H2. The van der Waals surface area contributed by atoms with E-state index in [0.717, 1.165) is 0 Å². The smallest absolute Gasteiger partial charge is 0.137 e. The predicted molar refractivity (Wildman–Crippen MR) is 52.4 cm³/mol. The lowest BCUT2D eigenvalue weighted by molar-refractivity contribution is 0.931. The molecule has 0 aliphatic carbocycles. The van der Waals surface area contributed by atoms with Crippen LogP contribution in [-0.2, 0) is 0 Å². The zero-order valence-corrected chi connectivity index (χ0v) is 9.76. The second-order valence-corrected chi connectivity index (χ2v) is 17.9. The summed E-state index contributed by atoms with van der Waals surface area (Å²) in [4.78, 5) is 0. The minimum Gasteiger partial charge on any atom is -0.216 e. The minimum atomic E-state index is -1.16. The third-order valence-corrected chi connectivity index (χ3v) is 17.7. The van der Waals surface area contributed by atoms with Gasteiger partial charge < -0.3 is 0 Å². The lowest BCUT2D eigenvalue weighted by atomic mass is 18.9. The van der Waals surface area contributed by atoms with Crippen LogP contribution in [0.5, 0.6) is 0 Å². The summed E-state index contributed by atoms with van der Waals surface area (Å²) in [5.41, 5.74) is 0. The Morgan fingerprint density at radius 2 is 1.86 bits per heavy atom. The Balaban J connectivity index is 3.14. The van der Waals surface area contributed by atoms with Crippen molar-refractivity contribution in [3.63, 3.8) is 0 Å². The zero-order valence-electron chi connectivity index (χ0n) is 3.50. The maximum atomic E-state index is 12.3. The van der Waals surface area contributed by atoms with Gasteiger partial charge in [-0.25, -0.2) is 4.20 Å². The van der Waals surface area contributed by atoms with Gasteiger partial charge in [0.2, 0.25) is 0 Å². The Kier molecular flexibility index (Phi) is 7.21. The number of hydrogen-bond donors (Lipinski definition) is 0. The highest BCUT2D eigenvalue weighted by molar-refractivity contribution is 8.86. The van der Waals surface area contributed by atoms with Crippen LogP contribution in [0, 0.1) is 0 Å². The molecule has 0 heterocycles. The fourth-order valence-electron chi connectivity index (χ4n) is 0.0667. The molecule has 0 spiro atoms. The van der Waals surface area contributed by atoms with Crippen LogP contribution in [0.4, 0.5) is 4.20 Å². The van der Waals surface area contributed by atoms with Crippen molar-refractivity contribution in [3.05, 3.63) is 0 Å². The zero-order chi connectivity index (χ0) is 5.86. The van der Waals surface area contributed by atoms with Crippen molar-refractivity contribution >= 4 is 49.3 Å². The van der Waals surface area contributed by atoms with E-state index in [1.54, 1.807) is 0 Å². The van der Waals surface area contributed by atoms with Crippen LogP contribution >= 0.6 is 49.3 Å². The van der Waals surface area contributed by atoms with Crippen molar-refractivity contribution in [2.75, 3.05) is 0 Å². The van der Waals surface area contributed by atoms with Gasteiger partial charge >= 0.3 is 0 Å². The quantitative estimate of drug-likeness (QED) is 0.611. The van der Waals surface area contributed by atoms with Gasteiger partial charge in [-0.05, 0) is 14.9 Å². The molecule has 0 fully saturated rings. The molecular formula is H7FP6. The molecule has 0 aliphatic rings. The van der Waals surface area contributed by atoms with Crippen molar-refractivity contribution in [1.29, 1.82) is 0 Å². The average Bonchev–Trinajstić information content (AvgIpc) is 1.65. The van der Waals surface area contributed by atoms with Crippen LogP contribution in [0.2, 0.25) is 0 Å². The fraction of sp³-hybridized carbons (Fsp3) is 0. The molecule has 5 atom stereocenters. The molecule has 0 nitrogen and oxygen atoms in total. The summed E-state index contributed by atoms with van der Waals surface area (Å²) in [6.07, 6.45) is 0. The van der Waals surface area contributed by atoms with Crippen molar-refractivity contribution in [2.45, 2.75) is 0 Å². The summed E-state index contributed by atoms with van der Waals surface area (Å²) in [6, 6.07) is 0. The van der Waals surface area contributed by atoms with Gasteiger partial charge in [0, 0.05) is 0 Å². The summed E-state index contributed by atoms with van der Waals surface area (Å²) >= 11 is 0. The summed E-state index contributed by atoms with van der Waals surface area (Å²) in [7, 11) is 6.68. The average molecular weight is 212 g/mol. The molecule has 0 N–H and O–H groups in total. The third kappa shape index (κ3) is 4.98. The predicted octanol–water partition coefficient (Wildman–Crippen LogP) is 3.71. The maximum Gasteiger partial charge on any atom is 0.137 e. The van der Waals surface area contributed by atoms with E-state index in [1.807, 2.05) is 0 Å². The van der Waals surface area contributed by atoms with E-state index in [4.69, 9.17) is 0 Å². The molecule has 0 aromatic heterocycles. The molecule has 0 aliphatic heterocycles. The Morgan fingerprint density at radius 1 is 1.43 bits per heavy atom. The van der Waals surface area contributed by atoms with Gasteiger partial charge in [0.25, 0.3) is 0 Å². The van der Waals surface area contributed by atoms with Gasteiger partial charge in [-0.15, -0.1) is 8.93 Å². The van der Waals surface area contributed by atoms with E-state index in [-0.39, 0.29) is 0 Å². The van der Waals surface area contributed by atoms with Crippen LogP contribution < -0.4 is 0 Å². The first-order chi connectivity index (χ1) is 3.18. The molecule has 44 valence electrons. The molecule has 0 saturated heterocycles. The molecule has 0 rings (SSSR count). The van der Waals surface area contributed by atoms with Crippen LogP contribution in [0.15, 0.2) is 0 Å². The number of hydrogen-bond acceptors (Lipinski definition) is 0. The van der Waals surface area contributed by atoms with Crippen molar-refractivity contribution in [2.24, 2.45) is 0 Å². The molecule has 0 radical (unpaired) electrons. The van der Waals surface area contributed by atoms with Gasteiger partial charge in [0.1, 0.15) is 7.61 Å². The molecule has 0 saturated carbocycles. The van der Waals surface area contributed by atoms with Gasteiger partial charge in [0.05, 0.1) is 0 Å². The van der Waals surface area contributed by atoms with Crippen LogP contribution in [-0.4, -0.2) is 0 Å². The van der Waals surface area contributed by atoms with Gasteiger partial charge in [-0.3, -0.25) is 0 Å². The summed E-state index contributed by atoms with van der Waals surface area (Å²) in [6.45, 7) is -0.439. The molecule has 0 bridgehead atoms. The van der Waals surface area contributed by atoms with E-state index < -0.39 is 14.6 Å². The first-order valence-electron chi connectivity index (χ1n) is 1.40. The molecule has 5 unspecified atom stereocenters. The van der Waals surface area contributed by atoms with Crippen molar-refractivity contribution < 1.29 is 4.20 Å². The van der Waals surface area contributed by atoms with E-state index in [9.17, 15) is 4.20 Å². The minimum absolute atomic E-state index is 0.414. The summed E-state index contributed by atoms with van der Waals surface area (Å²) in [5.74, 6) is 0. The van der Waals surface area contributed by atoms with Crippen molar-refractivity contribution in [1.82, 2.24) is 0 Å². The molecule has 0 amide bonds. The molecule has 7 heteroatoms. The van der Waals surface area contributed by atoms with Crippen LogP contribution in [0.1, 0.15) is 0 Å². The second-order valence-electron chi connectivity index (χ2n) is 0.769. The lowest BCUT2D eigenvalue weighted by Gasteiger charge is -2.05. The number of rotatable bonds is 2. The largest absolute Gasteiger partial charge is 0.216 e. The second kappa shape index (κ2) is 5.31. The summed E-state index contributed by atoms with van der Waals surface area (Å²) in [5, 5.41) is 0. The Morgan fingerprint density at radius 3 is 1.86 bits per heavy atom. The van der Waals surface area contributed by atoms with Gasteiger partial charge in [-0.2, -0.15) is 0 Å². The fourth-order valence-corrected chi connectivity index (χ4v) is 16.2. The third-order valence-electron chi connectivity index (χ3n) is 0.309. The Hall–Kier alpha value is 2.51. The van der Waals surface area contributed by atoms with Crippen molar-refractivity contribution in [3.8, 4) is 0 Å². The molecule has 0 aromatic carbocycles. The highest BCUT2D eigenvalue weighted by atomic mass is 32.9. The van der Waals surface area contributed by atoms with E-state index in [1.165, 1.54) is 0 Å². The van der Waals surface area contributed by atoms with Crippen LogP contribution in [0.25, 0.3) is 0 Å². The normalized spacial score (nSPS) is 16.7. The molecule has 0 aromatic rings. The monoisotopic (exact) mass is 212 g/mol. The Labute approximate surface area is 54.0 Å². The van der Waals surface area contributed by atoms with E-state index >= 15 is 0 Å². The summed E-state index contributed by atoms with van der Waals surface area (Å²) < 4.78 is 12.3. The molecule has 7 heavy (non-hydrogen) atoms. The first kappa shape index (κ1) is 9.51. The SMILES string of the molecule is FP(PP)P(P)P. The Bertz CT molecular complexity index is 41.4. The molecular weight excluding hydrogens is 205 g/mol. The first-order valence-corrected chi connectivity index (χ1v) is 11.6.